The van der Waals surface area contributed by atoms with Crippen molar-refractivity contribution in [2.75, 3.05) is 0 Å². The van der Waals surface area contributed by atoms with Crippen LogP contribution < -0.4 is 0 Å². The minimum absolute atomic E-state index is 0.687. The van der Waals surface area contributed by atoms with Crippen LogP contribution in [0.1, 0.15) is 0 Å². The Kier molecular flexibility index (Phi) is 18.5. The molecular formula is C116H74N6. The second kappa shape index (κ2) is 31.3. The number of nitrogens with zero attached hydrogens (tertiary/aromatic N) is 6. The summed E-state index contributed by atoms with van der Waals surface area (Å²) < 4.78 is 0. The first-order valence-electron chi connectivity index (χ1n) is 41.4. The average Bonchev–Trinajstić information content (AvgIpc) is 0.720. The molecule has 0 aliphatic rings. The lowest BCUT2D eigenvalue weighted by Crippen LogP contribution is -1.96. The van der Waals surface area contributed by atoms with Crippen LogP contribution >= 0.6 is 0 Å². The molecule has 23 rings (SSSR count). The molecule has 0 aliphatic carbocycles. The largest absolute Gasteiger partial charge is 0.247 e. The van der Waals surface area contributed by atoms with Crippen molar-refractivity contribution < 1.29 is 0 Å². The first-order valence-corrected chi connectivity index (χ1v) is 41.4. The van der Waals surface area contributed by atoms with E-state index >= 15 is 0 Å². The molecule has 4 heterocycles. The maximum Gasteiger partial charge on any atom is 0.160 e. The van der Waals surface area contributed by atoms with Gasteiger partial charge in [-0.3, -0.25) is 0 Å². The van der Waals surface area contributed by atoms with Crippen LogP contribution in [-0.2, 0) is 0 Å². The summed E-state index contributed by atoms with van der Waals surface area (Å²) in [6.07, 6.45) is 0. The van der Waals surface area contributed by atoms with Crippen molar-refractivity contribution in [3.63, 3.8) is 0 Å². The van der Waals surface area contributed by atoms with Gasteiger partial charge in [-0.2, -0.15) is 0 Å². The lowest BCUT2D eigenvalue weighted by atomic mass is 9.89. The van der Waals surface area contributed by atoms with Crippen molar-refractivity contribution in [2.45, 2.75) is 0 Å². The second-order valence-corrected chi connectivity index (χ2v) is 31.1. The van der Waals surface area contributed by atoms with Gasteiger partial charge in [0.2, 0.25) is 0 Å². The van der Waals surface area contributed by atoms with E-state index < -0.39 is 0 Å². The Balaban J connectivity index is 0.000000146. The average molecular weight is 1550 g/mol. The summed E-state index contributed by atoms with van der Waals surface area (Å²) in [5.41, 5.74) is 27.3. The van der Waals surface area contributed by atoms with Crippen LogP contribution in [0.5, 0.6) is 0 Å². The van der Waals surface area contributed by atoms with Crippen LogP contribution in [0.3, 0.4) is 0 Å². The lowest BCUT2D eigenvalue weighted by molar-refractivity contribution is 1.18. The van der Waals surface area contributed by atoms with Crippen LogP contribution in [0.2, 0.25) is 0 Å². The predicted molar refractivity (Wildman–Crippen MR) is 510 cm³/mol. The fourth-order valence-electron chi connectivity index (χ4n) is 17.7. The van der Waals surface area contributed by atoms with Gasteiger partial charge in [0.05, 0.1) is 45.2 Å². The van der Waals surface area contributed by atoms with Gasteiger partial charge in [-0.25, -0.2) is 29.9 Å². The summed E-state index contributed by atoms with van der Waals surface area (Å²) >= 11 is 0. The van der Waals surface area contributed by atoms with Crippen molar-refractivity contribution in [3.05, 3.63) is 449 Å². The molecule has 0 N–H and O–H groups in total. The fourth-order valence-corrected chi connectivity index (χ4v) is 17.7. The van der Waals surface area contributed by atoms with E-state index in [9.17, 15) is 0 Å². The van der Waals surface area contributed by atoms with E-state index in [4.69, 9.17) is 29.9 Å². The van der Waals surface area contributed by atoms with Crippen molar-refractivity contribution in [1.29, 1.82) is 0 Å². The zero-order chi connectivity index (χ0) is 80.8. The Morgan fingerprint density at radius 1 is 0.115 bits per heavy atom. The monoisotopic (exact) mass is 1550 g/mol. The lowest BCUT2D eigenvalue weighted by Gasteiger charge is -2.16. The van der Waals surface area contributed by atoms with E-state index in [1.165, 1.54) is 97.7 Å². The third-order valence-electron chi connectivity index (χ3n) is 23.8. The summed E-state index contributed by atoms with van der Waals surface area (Å²) in [6.45, 7) is 0. The van der Waals surface area contributed by atoms with Gasteiger partial charge in [0, 0.05) is 76.8 Å². The molecule has 568 valence electrons. The number of para-hydroxylation sites is 2. The van der Waals surface area contributed by atoms with Gasteiger partial charge in [-0.1, -0.05) is 413 Å². The highest BCUT2D eigenvalue weighted by Gasteiger charge is 2.22. The van der Waals surface area contributed by atoms with Gasteiger partial charge in [0.15, 0.2) is 11.6 Å². The number of rotatable bonds is 13. The molecule has 0 bridgehead atoms. The Morgan fingerprint density at radius 2 is 0.320 bits per heavy atom. The van der Waals surface area contributed by atoms with Crippen molar-refractivity contribution in [3.8, 4) is 146 Å². The quantitative estimate of drug-likeness (QED) is 0.107. The predicted octanol–water partition coefficient (Wildman–Crippen LogP) is 30.6. The molecule has 0 fully saturated rings. The summed E-state index contributed by atoms with van der Waals surface area (Å²) in [5, 5.41) is 17.1. The van der Waals surface area contributed by atoms with Gasteiger partial charge >= 0.3 is 0 Å². The third kappa shape index (κ3) is 13.6. The van der Waals surface area contributed by atoms with Gasteiger partial charge in [-0.05, 0) is 135 Å². The summed E-state index contributed by atoms with van der Waals surface area (Å²) in [6, 6.07) is 159. The maximum absolute atomic E-state index is 5.41. The third-order valence-corrected chi connectivity index (χ3v) is 23.8. The van der Waals surface area contributed by atoms with Crippen LogP contribution in [-0.4, -0.2) is 29.9 Å². The Bertz CT molecular complexity index is 7820. The summed E-state index contributed by atoms with van der Waals surface area (Å²) in [5.74, 6) is 1.38. The molecule has 0 aliphatic heterocycles. The van der Waals surface area contributed by atoms with Gasteiger partial charge in [0.1, 0.15) is 0 Å². The molecule has 4 aromatic heterocycles. The van der Waals surface area contributed by atoms with Gasteiger partial charge < -0.3 is 0 Å². The van der Waals surface area contributed by atoms with Crippen LogP contribution in [0, 0.1) is 0 Å². The highest BCUT2D eigenvalue weighted by Crippen LogP contribution is 2.47. The molecule has 6 nitrogen and oxygen atoms in total. The topological polar surface area (TPSA) is 77.3 Å². The zero-order valence-corrected chi connectivity index (χ0v) is 66.4. The number of hydrogen-bond donors (Lipinski definition) is 0. The molecule has 0 radical (unpaired) electrons. The Labute approximate surface area is 706 Å². The molecule has 0 unspecified atom stereocenters. The van der Waals surface area contributed by atoms with E-state index in [1.807, 2.05) is 24.3 Å². The molecule has 0 amide bonds. The maximum atomic E-state index is 5.41. The SMILES string of the molecule is c1ccc(-c2ccc(-c3cc(-c4ccc(-c5cccc(-c6nc7ccccc7c7c8ccccc8c8ccccc8c67)c5)cc4)nc(-c4ccc(-c5ccccc5)cc4)n3)cc2)cc1.c1ccc(-c2ccc(-c3nc(-c4ccccc4)cc(-c4ccc(-c5cccc(-c6nc7ccccc7c7c8ccccc8c8ccccc8c67)c5)cc4)n3)cc2)cc1. The molecule has 0 saturated heterocycles. The van der Waals surface area contributed by atoms with E-state index in [0.29, 0.717) is 11.6 Å². The second-order valence-electron chi connectivity index (χ2n) is 31.1. The zero-order valence-electron chi connectivity index (χ0n) is 66.4. The Hall–Kier alpha value is -16.3. The molecule has 6 heteroatoms. The van der Waals surface area contributed by atoms with Crippen LogP contribution in [0.15, 0.2) is 449 Å². The number of fused-ring (bicyclic) bond motifs is 16. The molecule has 19 aromatic carbocycles. The smallest absolute Gasteiger partial charge is 0.160 e. The molecule has 0 atom stereocenters. The minimum Gasteiger partial charge on any atom is -0.247 e. The first-order chi connectivity index (χ1) is 60.5. The van der Waals surface area contributed by atoms with E-state index in [-0.39, 0.29) is 0 Å². The highest BCUT2D eigenvalue weighted by molar-refractivity contribution is 6.35. The van der Waals surface area contributed by atoms with Gasteiger partial charge in [0.25, 0.3) is 0 Å². The fraction of sp³-hybridized carbons (Fsp3) is 0. The van der Waals surface area contributed by atoms with Crippen LogP contribution in [0.4, 0.5) is 0 Å². The highest BCUT2D eigenvalue weighted by atomic mass is 14.9. The number of hydrogen-bond acceptors (Lipinski definition) is 6. The molecule has 0 spiro atoms. The van der Waals surface area contributed by atoms with E-state index in [2.05, 4.69) is 425 Å². The van der Waals surface area contributed by atoms with E-state index in [0.717, 1.165) is 123 Å². The van der Waals surface area contributed by atoms with Crippen molar-refractivity contribution >= 4 is 86.4 Å². The molecule has 23 aromatic rings. The van der Waals surface area contributed by atoms with Crippen molar-refractivity contribution in [2.24, 2.45) is 0 Å². The number of pyridine rings is 2. The van der Waals surface area contributed by atoms with Crippen LogP contribution in [0.25, 0.3) is 232 Å². The number of benzene rings is 19. The summed E-state index contributed by atoms with van der Waals surface area (Å²) in [7, 11) is 0. The summed E-state index contributed by atoms with van der Waals surface area (Å²) in [4.78, 5) is 31.4. The number of aromatic nitrogens is 6. The molecule has 0 saturated carbocycles. The van der Waals surface area contributed by atoms with Crippen molar-refractivity contribution in [1.82, 2.24) is 29.9 Å². The molecular weight excluding hydrogens is 1480 g/mol. The van der Waals surface area contributed by atoms with Gasteiger partial charge in [-0.15, -0.1) is 0 Å². The minimum atomic E-state index is 0.687. The van der Waals surface area contributed by atoms with E-state index in [1.54, 1.807) is 0 Å². The normalized spacial score (nSPS) is 11.4. The standard InChI is InChI=1S/C61H39N3.C55H35N3/c1-3-14-40(15-4-1)42-26-32-45(33-27-42)56-39-57(64-61(63-56)47-36-30-43(31-37-47)41-16-5-2-6-17-41)46-34-28-44(29-35-46)48-18-13-19-49(38-48)60-59-53-23-10-8-21-51(53)50-20-7-9-22-52(50)58(59)54-24-11-12-25-55(54)62-60;1-3-14-36(15-4-1)37-28-32-41(33-29-37)55-57-50(39-16-5-2-6-17-39)35-51(58-55)40-30-26-38(27-31-40)42-18-13-19-43(34-42)54-53-47-23-10-8-21-45(47)44-20-7-9-22-46(44)52(53)48-24-11-12-25-49(48)56-54/h1-39H;1-35H. The first kappa shape index (κ1) is 72.2. The molecule has 122 heavy (non-hydrogen) atoms. The Morgan fingerprint density at radius 3 is 0.631 bits per heavy atom.